The number of nitrogens with one attached hydrogen (secondary N) is 1. The molecule has 6 heteroatoms. The molecule has 0 aliphatic rings. The topological polar surface area (TPSA) is 69.6 Å². The number of aromatic nitrogens is 1. The summed E-state index contributed by atoms with van der Waals surface area (Å²) in [6.07, 6.45) is 1.65. The standard InChI is InChI=1S/C12H18N2O4/c1-9(12(16)18-3)13-10-4-5-11(15)14(8-10)6-7-17-2/h4-5,8-9,13H,6-7H2,1-3H3. The van der Waals surface area contributed by atoms with Gasteiger partial charge in [0.2, 0.25) is 0 Å². The van der Waals surface area contributed by atoms with Gasteiger partial charge in [0.05, 0.1) is 19.4 Å². The fourth-order valence-electron chi connectivity index (χ4n) is 1.47. The van der Waals surface area contributed by atoms with Gasteiger partial charge in [-0.2, -0.15) is 0 Å². The van der Waals surface area contributed by atoms with E-state index in [0.29, 0.717) is 18.8 Å². The summed E-state index contributed by atoms with van der Waals surface area (Å²) in [7, 11) is 2.91. The van der Waals surface area contributed by atoms with Crippen LogP contribution in [0.25, 0.3) is 0 Å². The highest BCUT2D eigenvalue weighted by Crippen LogP contribution is 2.06. The summed E-state index contributed by atoms with van der Waals surface area (Å²) in [5.41, 5.74) is 0.576. The van der Waals surface area contributed by atoms with Crippen molar-refractivity contribution in [3.8, 4) is 0 Å². The Bertz CT molecular complexity index is 456. The maximum absolute atomic E-state index is 11.5. The van der Waals surface area contributed by atoms with Crippen molar-refractivity contribution in [3.63, 3.8) is 0 Å². The van der Waals surface area contributed by atoms with Crippen LogP contribution in [0.5, 0.6) is 0 Å². The number of rotatable bonds is 6. The van der Waals surface area contributed by atoms with E-state index in [1.165, 1.54) is 17.7 Å². The highest BCUT2D eigenvalue weighted by atomic mass is 16.5. The quantitative estimate of drug-likeness (QED) is 0.747. The lowest BCUT2D eigenvalue weighted by atomic mass is 10.3. The Hall–Kier alpha value is -1.82. The van der Waals surface area contributed by atoms with E-state index in [-0.39, 0.29) is 11.5 Å². The van der Waals surface area contributed by atoms with Crippen molar-refractivity contribution in [3.05, 3.63) is 28.7 Å². The zero-order valence-corrected chi connectivity index (χ0v) is 10.8. The fourth-order valence-corrected chi connectivity index (χ4v) is 1.47. The molecule has 0 radical (unpaired) electrons. The first-order valence-corrected chi connectivity index (χ1v) is 5.62. The number of hydrogen-bond acceptors (Lipinski definition) is 5. The first kappa shape index (κ1) is 14.2. The summed E-state index contributed by atoms with van der Waals surface area (Å²) in [6.45, 7) is 2.61. The van der Waals surface area contributed by atoms with Crippen molar-refractivity contribution in [1.29, 1.82) is 0 Å². The largest absolute Gasteiger partial charge is 0.467 e. The van der Waals surface area contributed by atoms with E-state index in [9.17, 15) is 9.59 Å². The first-order chi connectivity index (χ1) is 8.58. The predicted octanol–water partition coefficient (Wildman–Crippen LogP) is 0.468. The van der Waals surface area contributed by atoms with Gasteiger partial charge >= 0.3 is 5.97 Å². The zero-order chi connectivity index (χ0) is 13.5. The van der Waals surface area contributed by atoms with Crippen molar-refractivity contribution >= 4 is 11.7 Å². The lowest BCUT2D eigenvalue weighted by Crippen LogP contribution is -2.28. The van der Waals surface area contributed by atoms with E-state index >= 15 is 0 Å². The molecule has 0 saturated heterocycles. The number of hydrogen-bond donors (Lipinski definition) is 1. The molecule has 0 amide bonds. The molecule has 1 rings (SSSR count). The van der Waals surface area contributed by atoms with Gasteiger partial charge in [-0.05, 0) is 13.0 Å². The van der Waals surface area contributed by atoms with Gasteiger partial charge in [-0.15, -0.1) is 0 Å². The second-order valence-electron chi connectivity index (χ2n) is 3.83. The van der Waals surface area contributed by atoms with Gasteiger partial charge in [-0.25, -0.2) is 4.79 Å². The highest BCUT2D eigenvalue weighted by Gasteiger charge is 2.12. The molecule has 1 N–H and O–H groups in total. The number of nitrogens with zero attached hydrogens (tertiary/aromatic N) is 1. The van der Waals surface area contributed by atoms with Gasteiger partial charge in [0, 0.05) is 25.9 Å². The van der Waals surface area contributed by atoms with Crippen molar-refractivity contribution in [2.45, 2.75) is 19.5 Å². The fraction of sp³-hybridized carbons (Fsp3) is 0.500. The summed E-state index contributed by atoms with van der Waals surface area (Å²) in [5, 5.41) is 2.96. The molecular formula is C12H18N2O4. The van der Waals surface area contributed by atoms with Gasteiger partial charge in [0.15, 0.2) is 0 Å². The number of pyridine rings is 1. The molecule has 1 heterocycles. The van der Waals surface area contributed by atoms with Gasteiger partial charge in [-0.3, -0.25) is 4.79 Å². The van der Waals surface area contributed by atoms with E-state index in [4.69, 9.17) is 4.74 Å². The van der Waals surface area contributed by atoms with E-state index in [2.05, 4.69) is 10.1 Å². The number of anilines is 1. The molecule has 0 aromatic carbocycles. The SMILES string of the molecule is COCCn1cc(NC(C)C(=O)OC)ccc1=O. The Labute approximate surface area is 106 Å². The summed E-state index contributed by atoms with van der Waals surface area (Å²) in [4.78, 5) is 22.8. The molecule has 0 saturated carbocycles. The minimum Gasteiger partial charge on any atom is -0.467 e. The summed E-state index contributed by atoms with van der Waals surface area (Å²) < 4.78 is 11.1. The lowest BCUT2D eigenvalue weighted by molar-refractivity contribution is -0.141. The van der Waals surface area contributed by atoms with Crippen LogP contribution < -0.4 is 10.9 Å². The second kappa shape index (κ2) is 6.80. The zero-order valence-electron chi connectivity index (χ0n) is 10.8. The maximum atomic E-state index is 11.5. The minimum atomic E-state index is -0.469. The van der Waals surface area contributed by atoms with Gasteiger partial charge in [0.25, 0.3) is 5.56 Å². The molecule has 1 unspecified atom stereocenters. The molecule has 1 aromatic rings. The molecule has 0 fully saturated rings. The van der Waals surface area contributed by atoms with Crippen molar-refractivity contribution < 1.29 is 14.3 Å². The van der Waals surface area contributed by atoms with Crippen LogP contribution in [-0.4, -0.2) is 37.4 Å². The number of ether oxygens (including phenoxy) is 2. The van der Waals surface area contributed by atoms with E-state index < -0.39 is 6.04 Å². The molecule has 18 heavy (non-hydrogen) atoms. The molecule has 0 aliphatic carbocycles. The Morgan fingerprint density at radius 1 is 1.44 bits per heavy atom. The molecule has 100 valence electrons. The van der Waals surface area contributed by atoms with E-state index in [1.807, 2.05) is 0 Å². The summed E-state index contributed by atoms with van der Waals surface area (Å²) in [5.74, 6) is -0.357. The van der Waals surface area contributed by atoms with Crippen molar-refractivity contribution in [2.75, 3.05) is 26.1 Å². The third kappa shape index (κ3) is 3.89. The Kier molecular flexibility index (Phi) is 5.38. The van der Waals surface area contributed by atoms with Crippen LogP contribution in [0.3, 0.4) is 0 Å². The van der Waals surface area contributed by atoms with Crippen LogP contribution in [0.15, 0.2) is 23.1 Å². The van der Waals surface area contributed by atoms with Gasteiger partial charge in [-0.1, -0.05) is 0 Å². The van der Waals surface area contributed by atoms with Crippen molar-refractivity contribution in [1.82, 2.24) is 4.57 Å². The molecule has 0 aliphatic heterocycles. The molecule has 0 spiro atoms. The van der Waals surface area contributed by atoms with Gasteiger partial charge < -0.3 is 19.4 Å². The molecule has 1 atom stereocenters. The van der Waals surface area contributed by atoms with E-state index in [1.54, 1.807) is 26.3 Å². The third-order valence-corrected chi connectivity index (χ3v) is 2.46. The Morgan fingerprint density at radius 2 is 2.17 bits per heavy atom. The highest BCUT2D eigenvalue weighted by molar-refractivity contribution is 5.78. The number of carbonyl (C=O) groups is 1. The summed E-state index contributed by atoms with van der Waals surface area (Å²) in [6, 6.07) is 2.61. The van der Waals surface area contributed by atoms with Crippen LogP contribution in [0.4, 0.5) is 5.69 Å². The van der Waals surface area contributed by atoms with E-state index in [0.717, 1.165) is 0 Å². The van der Waals surface area contributed by atoms with Crippen LogP contribution >= 0.6 is 0 Å². The Morgan fingerprint density at radius 3 is 2.78 bits per heavy atom. The normalized spacial score (nSPS) is 11.9. The van der Waals surface area contributed by atoms with Crippen molar-refractivity contribution in [2.24, 2.45) is 0 Å². The van der Waals surface area contributed by atoms with Crippen LogP contribution in [0.1, 0.15) is 6.92 Å². The number of carbonyl (C=O) groups excluding carboxylic acids is 1. The summed E-state index contributed by atoms with van der Waals surface area (Å²) >= 11 is 0. The third-order valence-electron chi connectivity index (χ3n) is 2.46. The minimum absolute atomic E-state index is 0.108. The van der Waals surface area contributed by atoms with Crippen LogP contribution in [0, 0.1) is 0 Å². The first-order valence-electron chi connectivity index (χ1n) is 5.62. The Balaban J connectivity index is 2.78. The average Bonchev–Trinajstić information content (AvgIpc) is 2.38. The maximum Gasteiger partial charge on any atom is 0.327 e. The van der Waals surface area contributed by atoms with Crippen LogP contribution in [-0.2, 0) is 20.8 Å². The lowest BCUT2D eigenvalue weighted by Gasteiger charge is -2.14. The predicted molar refractivity (Wildman–Crippen MR) is 67.7 cm³/mol. The number of methoxy groups -OCH3 is 2. The number of esters is 1. The van der Waals surface area contributed by atoms with Gasteiger partial charge in [0.1, 0.15) is 6.04 Å². The average molecular weight is 254 g/mol. The molecular weight excluding hydrogens is 236 g/mol. The second-order valence-corrected chi connectivity index (χ2v) is 3.83. The molecule has 6 nitrogen and oxygen atoms in total. The van der Waals surface area contributed by atoms with Crippen LogP contribution in [0.2, 0.25) is 0 Å². The smallest absolute Gasteiger partial charge is 0.327 e. The monoisotopic (exact) mass is 254 g/mol. The molecule has 0 bridgehead atoms. The molecule has 1 aromatic heterocycles.